The van der Waals surface area contributed by atoms with Gasteiger partial charge in [0.05, 0.1) is 11.2 Å². The number of hydrogen-bond acceptors (Lipinski definition) is 5. The van der Waals surface area contributed by atoms with Gasteiger partial charge >= 0.3 is 7.12 Å². The van der Waals surface area contributed by atoms with E-state index in [0.29, 0.717) is 11.3 Å². The van der Waals surface area contributed by atoms with Crippen molar-refractivity contribution in [2.75, 3.05) is 19.8 Å². The maximum atomic E-state index is 12.2. The second-order valence-corrected chi connectivity index (χ2v) is 9.07. The van der Waals surface area contributed by atoms with Gasteiger partial charge in [0, 0.05) is 32.3 Å². The van der Waals surface area contributed by atoms with E-state index in [9.17, 15) is 9.59 Å². The highest BCUT2D eigenvalue weighted by Gasteiger charge is 2.52. The van der Waals surface area contributed by atoms with Crippen molar-refractivity contribution in [1.82, 2.24) is 4.90 Å². The molecule has 1 heterocycles. The Hall–Kier alpha value is -1.57. The van der Waals surface area contributed by atoms with Crippen molar-refractivity contribution in [3.63, 3.8) is 0 Å². The predicted molar refractivity (Wildman–Crippen MR) is 112 cm³/mol. The average Bonchev–Trinajstić information content (AvgIpc) is 2.78. The zero-order chi connectivity index (χ0) is 20.4. The lowest BCUT2D eigenvalue weighted by atomic mass is 9.78. The molecule has 2 rings (SSSR count). The fourth-order valence-electron chi connectivity index (χ4n) is 2.59. The average molecular weight is 389 g/mol. The molecule has 0 saturated carbocycles. The molecular formula is C20H28BNO4S. The van der Waals surface area contributed by atoms with Gasteiger partial charge in [-0.05, 0) is 50.9 Å². The van der Waals surface area contributed by atoms with Crippen LogP contribution in [0, 0.1) is 0 Å². The molecule has 0 bridgehead atoms. The number of carbonyl (C=O) groups is 2. The van der Waals surface area contributed by atoms with E-state index >= 15 is 0 Å². The lowest BCUT2D eigenvalue weighted by molar-refractivity contribution is -0.109. The monoisotopic (exact) mass is 389 g/mol. The van der Waals surface area contributed by atoms with Gasteiger partial charge in [-0.2, -0.15) is 0 Å². The van der Waals surface area contributed by atoms with E-state index in [1.165, 1.54) is 11.8 Å². The van der Waals surface area contributed by atoms with E-state index in [-0.39, 0.29) is 11.0 Å². The molecule has 1 amide bonds. The Morgan fingerprint density at radius 2 is 1.74 bits per heavy atom. The van der Waals surface area contributed by atoms with Gasteiger partial charge in [0.25, 0.3) is 5.91 Å². The van der Waals surface area contributed by atoms with Crippen molar-refractivity contribution in [3.8, 4) is 0 Å². The van der Waals surface area contributed by atoms with Crippen molar-refractivity contribution in [2.24, 2.45) is 0 Å². The lowest BCUT2D eigenvalue weighted by Crippen LogP contribution is -2.41. The summed E-state index contributed by atoms with van der Waals surface area (Å²) in [5, 5.41) is 0.0361. The summed E-state index contributed by atoms with van der Waals surface area (Å²) in [5.74, 6) is 0.415. The maximum absolute atomic E-state index is 12.2. The number of benzene rings is 1. The summed E-state index contributed by atoms with van der Waals surface area (Å²) in [7, 11) is 2.92. The molecule has 146 valence electrons. The highest BCUT2D eigenvalue weighted by atomic mass is 32.2. The SMILES string of the molecule is CC(=O)SCC(=Cc1cccc(C(=O)N(C)C)c1)B1OC(C)(C)C(C)(C)O1. The molecule has 7 heteroatoms. The predicted octanol–water partition coefficient (Wildman–Crippen LogP) is 3.68. The Morgan fingerprint density at radius 3 is 2.26 bits per heavy atom. The molecule has 0 unspecified atom stereocenters. The van der Waals surface area contributed by atoms with E-state index in [1.807, 2.05) is 52.0 Å². The normalized spacial score (nSPS) is 18.5. The van der Waals surface area contributed by atoms with Crippen LogP contribution < -0.4 is 0 Å². The number of carbonyl (C=O) groups excluding carboxylic acids is 2. The molecule has 5 nitrogen and oxygen atoms in total. The van der Waals surface area contributed by atoms with Crippen LogP contribution in [0.15, 0.2) is 29.7 Å². The fraction of sp³-hybridized carbons (Fsp3) is 0.500. The zero-order valence-corrected chi connectivity index (χ0v) is 18.0. The molecule has 1 aliphatic heterocycles. The van der Waals surface area contributed by atoms with Gasteiger partial charge in [0.2, 0.25) is 0 Å². The van der Waals surface area contributed by atoms with Crippen molar-refractivity contribution in [3.05, 3.63) is 40.9 Å². The van der Waals surface area contributed by atoms with Crippen molar-refractivity contribution >= 4 is 36.0 Å². The first-order valence-electron chi connectivity index (χ1n) is 8.94. The molecule has 0 atom stereocenters. The van der Waals surface area contributed by atoms with Crippen molar-refractivity contribution in [1.29, 1.82) is 0 Å². The first-order chi connectivity index (χ1) is 12.4. The molecule has 0 aliphatic carbocycles. The van der Waals surface area contributed by atoms with Crippen LogP contribution in [0.1, 0.15) is 50.5 Å². The van der Waals surface area contributed by atoms with Gasteiger partial charge < -0.3 is 14.2 Å². The van der Waals surface area contributed by atoms with E-state index in [0.717, 1.165) is 11.0 Å². The second kappa shape index (κ2) is 8.21. The van der Waals surface area contributed by atoms with Crippen LogP contribution in [0.25, 0.3) is 6.08 Å². The molecule has 1 aliphatic rings. The summed E-state index contributed by atoms with van der Waals surface area (Å²) in [5.41, 5.74) is 1.43. The van der Waals surface area contributed by atoms with Gasteiger partial charge in [-0.25, -0.2) is 0 Å². The van der Waals surface area contributed by atoms with E-state index in [1.54, 1.807) is 32.0 Å². The summed E-state index contributed by atoms with van der Waals surface area (Å²) in [6, 6.07) is 7.41. The third kappa shape index (κ3) is 5.24. The fourth-order valence-corrected chi connectivity index (χ4v) is 3.18. The highest BCUT2D eigenvalue weighted by molar-refractivity contribution is 8.13. The molecule has 0 aromatic heterocycles. The van der Waals surface area contributed by atoms with Gasteiger partial charge in [-0.15, -0.1) is 0 Å². The zero-order valence-electron chi connectivity index (χ0n) is 17.2. The van der Waals surface area contributed by atoms with Gasteiger partial charge in [-0.1, -0.05) is 30.0 Å². The minimum absolute atomic E-state index is 0.0361. The number of amides is 1. The third-order valence-corrected chi connectivity index (χ3v) is 5.77. The third-order valence-electron chi connectivity index (χ3n) is 4.89. The van der Waals surface area contributed by atoms with Gasteiger partial charge in [0.1, 0.15) is 0 Å². The molecule has 0 radical (unpaired) electrons. The van der Waals surface area contributed by atoms with Crippen LogP contribution in [-0.4, -0.2) is 54.1 Å². The van der Waals surface area contributed by atoms with Crippen LogP contribution in [0.5, 0.6) is 0 Å². The van der Waals surface area contributed by atoms with E-state index < -0.39 is 18.3 Å². The first kappa shape index (κ1) is 21.7. The largest absolute Gasteiger partial charge is 0.491 e. The Bertz CT molecular complexity index is 742. The van der Waals surface area contributed by atoms with Crippen molar-refractivity contribution in [2.45, 2.75) is 45.8 Å². The van der Waals surface area contributed by atoms with Crippen LogP contribution in [0.4, 0.5) is 0 Å². The summed E-state index contributed by atoms with van der Waals surface area (Å²) in [6.45, 7) is 9.54. The summed E-state index contributed by atoms with van der Waals surface area (Å²) < 4.78 is 12.3. The standard InChI is InChI=1S/C20H28BNO4S/c1-14(23)27-13-17(21-25-19(2,3)20(4,5)26-21)12-15-9-8-10-16(11-15)18(24)22(6)7/h8-12H,13H2,1-7H3. The molecule has 1 aromatic rings. The Kier molecular flexibility index (Phi) is 6.61. The Morgan fingerprint density at radius 1 is 1.15 bits per heavy atom. The van der Waals surface area contributed by atoms with Crippen LogP contribution in [-0.2, 0) is 14.1 Å². The summed E-state index contributed by atoms with van der Waals surface area (Å²) >= 11 is 1.22. The molecule has 1 aromatic carbocycles. The number of hydrogen-bond donors (Lipinski definition) is 0. The number of nitrogens with zero attached hydrogens (tertiary/aromatic N) is 1. The topological polar surface area (TPSA) is 55.8 Å². The molecule has 0 spiro atoms. The van der Waals surface area contributed by atoms with E-state index in [4.69, 9.17) is 9.31 Å². The van der Waals surface area contributed by atoms with Crippen molar-refractivity contribution < 1.29 is 18.9 Å². The number of rotatable bonds is 5. The smallest absolute Gasteiger partial charge is 0.400 e. The van der Waals surface area contributed by atoms with Gasteiger partial charge in [-0.3, -0.25) is 9.59 Å². The molecule has 1 fully saturated rings. The van der Waals surface area contributed by atoms with Crippen LogP contribution in [0.2, 0.25) is 0 Å². The molecule has 1 saturated heterocycles. The Labute approximate surface area is 166 Å². The molecule has 0 N–H and O–H groups in total. The summed E-state index contributed by atoms with van der Waals surface area (Å²) in [6.07, 6.45) is 1.95. The van der Waals surface area contributed by atoms with Crippen LogP contribution in [0.3, 0.4) is 0 Å². The lowest BCUT2D eigenvalue weighted by Gasteiger charge is -2.32. The van der Waals surface area contributed by atoms with Gasteiger partial charge in [0.15, 0.2) is 5.12 Å². The molecule has 27 heavy (non-hydrogen) atoms. The summed E-state index contributed by atoms with van der Waals surface area (Å²) in [4.78, 5) is 25.3. The first-order valence-corrected chi connectivity index (χ1v) is 9.93. The molecular weight excluding hydrogens is 361 g/mol. The Balaban J connectivity index is 2.36. The number of thioether (sulfide) groups is 1. The quantitative estimate of drug-likeness (QED) is 0.719. The van der Waals surface area contributed by atoms with Crippen LogP contribution >= 0.6 is 11.8 Å². The highest BCUT2D eigenvalue weighted by Crippen LogP contribution is 2.39. The minimum atomic E-state index is -0.532. The minimum Gasteiger partial charge on any atom is -0.400 e. The second-order valence-electron chi connectivity index (χ2n) is 7.91. The maximum Gasteiger partial charge on any atom is 0.491 e. The van der Waals surface area contributed by atoms with E-state index in [2.05, 4.69) is 0 Å².